The highest BCUT2D eigenvalue weighted by atomic mass is 16.5. The zero-order valence-corrected chi connectivity index (χ0v) is 5.64. The van der Waals surface area contributed by atoms with Crippen LogP contribution in [0.3, 0.4) is 0 Å². The molecule has 0 saturated carbocycles. The van der Waals surface area contributed by atoms with Gasteiger partial charge in [-0.1, -0.05) is 0 Å². The number of alkyl carbamates (subject to hydrolysis) is 1. The van der Waals surface area contributed by atoms with Gasteiger partial charge in [-0.25, -0.2) is 4.79 Å². The number of methoxy groups -OCH3 is 1. The number of rotatable bonds is 3. The van der Waals surface area contributed by atoms with E-state index in [2.05, 4.69) is 10.1 Å². The normalized spacial score (nSPS) is 8.67. The standard InChI is InChI=1S/C5H11NO3/c1-3-9-4-6-5(7)8-2/h3-4H2,1-2H3,(H,6,7). The van der Waals surface area contributed by atoms with E-state index >= 15 is 0 Å². The van der Waals surface area contributed by atoms with E-state index in [1.807, 2.05) is 6.92 Å². The lowest BCUT2D eigenvalue weighted by Crippen LogP contribution is -2.25. The second-order valence-corrected chi connectivity index (χ2v) is 1.31. The third kappa shape index (κ3) is 5.10. The number of hydrogen-bond donors (Lipinski definition) is 1. The van der Waals surface area contributed by atoms with Crippen molar-refractivity contribution in [3.63, 3.8) is 0 Å². The van der Waals surface area contributed by atoms with E-state index in [0.29, 0.717) is 6.61 Å². The third-order valence-corrected chi connectivity index (χ3v) is 0.708. The molecule has 0 unspecified atom stereocenters. The Balaban J connectivity index is 2.97. The van der Waals surface area contributed by atoms with Crippen LogP contribution in [0.4, 0.5) is 4.79 Å². The van der Waals surface area contributed by atoms with Crippen LogP contribution in [0.15, 0.2) is 0 Å². The fraction of sp³-hybridized carbons (Fsp3) is 0.800. The summed E-state index contributed by atoms with van der Waals surface area (Å²) in [5.74, 6) is 0. The molecule has 4 heteroatoms. The van der Waals surface area contributed by atoms with E-state index in [-0.39, 0.29) is 6.73 Å². The fourth-order valence-corrected chi connectivity index (χ4v) is 0.284. The van der Waals surface area contributed by atoms with E-state index in [9.17, 15) is 4.79 Å². The highest BCUT2D eigenvalue weighted by Gasteiger charge is 1.93. The van der Waals surface area contributed by atoms with Crippen LogP contribution in [0.25, 0.3) is 0 Å². The molecule has 9 heavy (non-hydrogen) atoms. The lowest BCUT2D eigenvalue weighted by molar-refractivity contribution is 0.112. The molecule has 1 amide bonds. The Hall–Kier alpha value is -0.770. The molecule has 4 nitrogen and oxygen atoms in total. The van der Waals surface area contributed by atoms with Crippen LogP contribution < -0.4 is 5.32 Å². The van der Waals surface area contributed by atoms with Crippen molar-refractivity contribution in [2.24, 2.45) is 0 Å². The highest BCUT2D eigenvalue weighted by Crippen LogP contribution is 1.71. The molecule has 0 saturated heterocycles. The van der Waals surface area contributed by atoms with E-state index in [1.54, 1.807) is 0 Å². The molecule has 0 fully saturated rings. The first kappa shape index (κ1) is 8.23. The summed E-state index contributed by atoms with van der Waals surface area (Å²) in [7, 11) is 1.31. The Morgan fingerprint density at radius 1 is 1.67 bits per heavy atom. The molecule has 0 aromatic carbocycles. The van der Waals surface area contributed by atoms with Crippen LogP contribution in [0.2, 0.25) is 0 Å². The Bertz CT molecular complexity index is 84.3. The van der Waals surface area contributed by atoms with Crippen LogP contribution >= 0.6 is 0 Å². The number of ether oxygens (including phenoxy) is 2. The summed E-state index contributed by atoms with van der Waals surface area (Å²) in [5, 5.41) is 2.35. The summed E-state index contributed by atoms with van der Waals surface area (Å²) in [5.41, 5.74) is 0. The number of hydrogen-bond acceptors (Lipinski definition) is 3. The summed E-state index contributed by atoms with van der Waals surface area (Å²) >= 11 is 0. The van der Waals surface area contributed by atoms with Crippen molar-refractivity contribution in [3.8, 4) is 0 Å². The molecule has 0 aliphatic carbocycles. The largest absolute Gasteiger partial charge is 0.453 e. The molecule has 0 heterocycles. The smallest absolute Gasteiger partial charge is 0.408 e. The number of nitrogens with one attached hydrogen (secondary N) is 1. The van der Waals surface area contributed by atoms with Crippen LogP contribution in [-0.2, 0) is 9.47 Å². The maximum atomic E-state index is 10.3. The van der Waals surface area contributed by atoms with Crippen LogP contribution in [0.5, 0.6) is 0 Å². The van der Waals surface area contributed by atoms with Crippen molar-refractivity contribution >= 4 is 6.09 Å². The van der Waals surface area contributed by atoms with Gasteiger partial charge in [0, 0.05) is 6.61 Å². The van der Waals surface area contributed by atoms with Gasteiger partial charge < -0.3 is 9.47 Å². The topological polar surface area (TPSA) is 47.6 Å². The van der Waals surface area contributed by atoms with Gasteiger partial charge in [0.1, 0.15) is 6.73 Å². The van der Waals surface area contributed by atoms with Crippen molar-refractivity contribution in [2.45, 2.75) is 6.92 Å². The monoisotopic (exact) mass is 133 g/mol. The minimum Gasteiger partial charge on any atom is -0.453 e. The highest BCUT2D eigenvalue weighted by molar-refractivity contribution is 5.66. The lowest BCUT2D eigenvalue weighted by atomic mass is 10.9. The van der Waals surface area contributed by atoms with Crippen molar-refractivity contribution in [2.75, 3.05) is 20.4 Å². The zero-order valence-electron chi connectivity index (χ0n) is 5.64. The van der Waals surface area contributed by atoms with Gasteiger partial charge in [0.15, 0.2) is 0 Å². The summed E-state index contributed by atoms with van der Waals surface area (Å²) in [6, 6.07) is 0. The van der Waals surface area contributed by atoms with Crippen molar-refractivity contribution in [1.82, 2.24) is 5.32 Å². The Morgan fingerprint density at radius 3 is 2.78 bits per heavy atom. The molecule has 0 aromatic heterocycles. The summed E-state index contributed by atoms with van der Waals surface area (Å²) in [6.07, 6.45) is -0.469. The molecule has 0 aliphatic rings. The molecule has 1 N–H and O–H groups in total. The van der Waals surface area contributed by atoms with Gasteiger partial charge in [0.05, 0.1) is 7.11 Å². The van der Waals surface area contributed by atoms with Crippen molar-refractivity contribution in [3.05, 3.63) is 0 Å². The number of carbonyl (C=O) groups is 1. The Labute approximate surface area is 54.1 Å². The van der Waals surface area contributed by atoms with E-state index in [0.717, 1.165) is 0 Å². The molecule has 0 radical (unpaired) electrons. The number of carbonyl (C=O) groups excluding carboxylic acids is 1. The quantitative estimate of drug-likeness (QED) is 0.446. The van der Waals surface area contributed by atoms with Crippen LogP contribution in [-0.4, -0.2) is 26.5 Å². The van der Waals surface area contributed by atoms with Crippen LogP contribution in [0, 0.1) is 0 Å². The van der Waals surface area contributed by atoms with Crippen molar-refractivity contribution < 1.29 is 14.3 Å². The molecule has 0 aliphatic heterocycles. The summed E-state index contributed by atoms with van der Waals surface area (Å²) in [6.45, 7) is 2.64. The predicted molar refractivity (Wildman–Crippen MR) is 32.0 cm³/mol. The van der Waals surface area contributed by atoms with E-state index < -0.39 is 6.09 Å². The summed E-state index contributed by atoms with van der Waals surface area (Å²) < 4.78 is 9.06. The van der Waals surface area contributed by atoms with Gasteiger partial charge in [-0.2, -0.15) is 0 Å². The van der Waals surface area contributed by atoms with Gasteiger partial charge in [-0.3, -0.25) is 5.32 Å². The number of amides is 1. The van der Waals surface area contributed by atoms with Gasteiger partial charge in [-0.15, -0.1) is 0 Å². The van der Waals surface area contributed by atoms with E-state index in [4.69, 9.17) is 4.74 Å². The zero-order chi connectivity index (χ0) is 7.11. The molecular weight excluding hydrogens is 122 g/mol. The molecule has 0 rings (SSSR count). The lowest BCUT2D eigenvalue weighted by Gasteiger charge is -2.01. The molecule has 0 atom stereocenters. The van der Waals surface area contributed by atoms with Gasteiger partial charge in [-0.05, 0) is 6.92 Å². The second kappa shape index (κ2) is 5.37. The first-order valence-corrected chi connectivity index (χ1v) is 2.70. The first-order chi connectivity index (χ1) is 4.31. The van der Waals surface area contributed by atoms with Gasteiger partial charge in [0.2, 0.25) is 0 Å². The molecule has 0 spiro atoms. The third-order valence-electron chi connectivity index (χ3n) is 0.708. The predicted octanol–water partition coefficient (Wildman–Crippen LogP) is 0.336. The Kier molecular flexibility index (Phi) is 4.91. The Morgan fingerprint density at radius 2 is 2.33 bits per heavy atom. The average Bonchev–Trinajstić information content (AvgIpc) is 1.89. The molecular formula is C5H11NO3. The van der Waals surface area contributed by atoms with Gasteiger partial charge >= 0.3 is 6.09 Å². The minimum absolute atomic E-state index is 0.211. The maximum Gasteiger partial charge on any atom is 0.408 e. The summed E-state index contributed by atoms with van der Waals surface area (Å²) in [4.78, 5) is 10.3. The van der Waals surface area contributed by atoms with E-state index in [1.165, 1.54) is 7.11 Å². The maximum absolute atomic E-state index is 10.3. The molecule has 54 valence electrons. The average molecular weight is 133 g/mol. The molecule has 0 bridgehead atoms. The minimum atomic E-state index is -0.469. The second-order valence-electron chi connectivity index (χ2n) is 1.31. The fourth-order valence-electron chi connectivity index (χ4n) is 0.284. The van der Waals surface area contributed by atoms with Crippen LogP contribution in [0.1, 0.15) is 6.92 Å². The van der Waals surface area contributed by atoms with Crippen molar-refractivity contribution in [1.29, 1.82) is 0 Å². The SMILES string of the molecule is CCOCNC(=O)OC. The molecule has 0 aromatic rings. The first-order valence-electron chi connectivity index (χ1n) is 2.70. The van der Waals surface area contributed by atoms with Gasteiger partial charge in [0.25, 0.3) is 0 Å².